The molecular formula is C11H15N3O4. The molecule has 2 heterocycles. The second-order valence-electron chi connectivity index (χ2n) is 4.52. The van der Waals surface area contributed by atoms with Gasteiger partial charge in [0.2, 0.25) is 0 Å². The largest absolute Gasteiger partial charge is 0.382 e. The number of nitrogens with one attached hydrogen (secondary N) is 1. The first-order valence-corrected chi connectivity index (χ1v) is 5.51. The first-order chi connectivity index (χ1) is 8.46. The van der Waals surface area contributed by atoms with Crippen molar-refractivity contribution in [3.63, 3.8) is 0 Å². The van der Waals surface area contributed by atoms with Gasteiger partial charge in [0.25, 0.3) is 5.91 Å². The second-order valence-corrected chi connectivity index (χ2v) is 4.52. The van der Waals surface area contributed by atoms with Crippen LogP contribution in [0.1, 0.15) is 18.4 Å². The minimum Gasteiger partial charge on any atom is -0.382 e. The molecule has 18 heavy (non-hydrogen) atoms. The lowest BCUT2D eigenvalue weighted by Crippen LogP contribution is -2.47. The van der Waals surface area contributed by atoms with Gasteiger partial charge in [-0.3, -0.25) is 9.69 Å². The van der Waals surface area contributed by atoms with Crippen molar-refractivity contribution in [3.8, 4) is 0 Å². The van der Waals surface area contributed by atoms with Gasteiger partial charge in [0.15, 0.2) is 5.76 Å². The standard InChI is InChI=1S/C11H15N3O4/c1-7-4-8(18-13-7)5-14-9(15)11(2,6-17-3)12-10(14)16/h4H,5-6H2,1-3H3,(H,12,16). The van der Waals surface area contributed by atoms with Crippen LogP contribution in [0.3, 0.4) is 0 Å². The van der Waals surface area contributed by atoms with Crippen molar-refractivity contribution in [2.45, 2.75) is 25.9 Å². The fraction of sp³-hybridized carbons (Fsp3) is 0.545. The Morgan fingerprint density at radius 1 is 1.56 bits per heavy atom. The summed E-state index contributed by atoms with van der Waals surface area (Å²) in [5.41, 5.74) is -0.308. The zero-order valence-corrected chi connectivity index (χ0v) is 10.5. The number of methoxy groups -OCH3 is 1. The number of aromatic nitrogens is 1. The van der Waals surface area contributed by atoms with E-state index in [4.69, 9.17) is 9.26 Å². The molecule has 0 radical (unpaired) electrons. The summed E-state index contributed by atoms with van der Waals surface area (Å²) in [5, 5.41) is 6.32. The number of hydrogen-bond acceptors (Lipinski definition) is 5. The number of aryl methyl sites for hydroxylation is 1. The van der Waals surface area contributed by atoms with Crippen LogP contribution in [0.2, 0.25) is 0 Å². The number of carbonyl (C=O) groups excluding carboxylic acids is 2. The third-order valence-electron chi connectivity index (χ3n) is 2.77. The van der Waals surface area contributed by atoms with Gasteiger partial charge in [-0.15, -0.1) is 0 Å². The van der Waals surface area contributed by atoms with Crippen LogP contribution in [0.25, 0.3) is 0 Å². The van der Waals surface area contributed by atoms with Gasteiger partial charge in [-0.1, -0.05) is 5.16 Å². The highest BCUT2D eigenvalue weighted by molar-refractivity contribution is 6.06. The first-order valence-electron chi connectivity index (χ1n) is 5.51. The van der Waals surface area contributed by atoms with Gasteiger partial charge in [0.05, 0.1) is 18.8 Å². The molecule has 3 amide bonds. The van der Waals surface area contributed by atoms with E-state index in [1.54, 1.807) is 19.9 Å². The van der Waals surface area contributed by atoms with Gasteiger partial charge in [0.1, 0.15) is 5.54 Å². The summed E-state index contributed by atoms with van der Waals surface area (Å²) in [6.45, 7) is 3.60. The number of ether oxygens (including phenoxy) is 1. The molecule has 1 fully saturated rings. The second kappa shape index (κ2) is 4.41. The highest BCUT2D eigenvalue weighted by Crippen LogP contribution is 2.20. The number of imide groups is 1. The summed E-state index contributed by atoms with van der Waals surface area (Å²) in [6.07, 6.45) is 0. The summed E-state index contributed by atoms with van der Waals surface area (Å²) >= 11 is 0. The van der Waals surface area contributed by atoms with Crippen LogP contribution in [-0.2, 0) is 16.1 Å². The number of amides is 3. The van der Waals surface area contributed by atoms with Crippen molar-refractivity contribution in [1.29, 1.82) is 0 Å². The molecule has 2 rings (SSSR count). The molecule has 1 aliphatic rings. The maximum Gasteiger partial charge on any atom is 0.325 e. The molecule has 0 aliphatic carbocycles. The van der Waals surface area contributed by atoms with Crippen molar-refractivity contribution in [1.82, 2.24) is 15.4 Å². The van der Waals surface area contributed by atoms with Gasteiger partial charge in [0, 0.05) is 13.2 Å². The van der Waals surface area contributed by atoms with Crippen LogP contribution in [0.15, 0.2) is 10.6 Å². The smallest absolute Gasteiger partial charge is 0.325 e. The minimum atomic E-state index is -1.01. The fourth-order valence-electron chi connectivity index (χ4n) is 1.92. The van der Waals surface area contributed by atoms with Crippen molar-refractivity contribution < 1.29 is 18.8 Å². The Balaban J connectivity index is 2.14. The number of urea groups is 1. The highest BCUT2D eigenvalue weighted by atomic mass is 16.5. The lowest BCUT2D eigenvalue weighted by Gasteiger charge is -2.19. The molecule has 1 aliphatic heterocycles. The van der Waals surface area contributed by atoms with Crippen molar-refractivity contribution >= 4 is 11.9 Å². The number of nitrogens with zero attached hydrogens (tertiary/aromatic N) is 2. The molecule has 0 aromatic carbocycles. The summed E-state index contributed by atoms with van der Waals surface area (Å²) in [7, 11) is 1.48. The van der Waals surface area contributed by atoms with Gasteiger partial charge in [-0.05, 0) is 13.8 Å². The van der Waals surface area contributed by atoms with Gasteiger partial charge < -0.3 is 14.6 Å². The van der Waals surface area contributed by atoms with E-state index in [-0.39, 0.29) is 19.1 Å². The monoisotopic (exact) mass is 253 g/mol. The van der Waals surface area contributed by atoms with E-state index in [0.717, 1.165) is 4.90 Å². The molecular weight excluding hydrogens is 238 g/mol. The van der Waals surface area contributed by atoms with Crippen molar-refractivity contribution in [2.24, 2.45) is 0 Å². The molecule has 1 atom stereocenters. The van der Waals surface area contributed by atoms with Gasteiger partial charge in [-0.25, -0.2) is 4.79 Å². The average molecular weight is 253 g/mol. The maximum atomic E-state index is 12.1. The van der Waals surface area contributed by atoms with Crippen LogP contribution in [0.4, 0.5) is 4.79 Å². The zero-order valence-electron chi connectivity index (χ0n) is 10.5. The third kappa shape index (κ3) is 2.08. The van der Waals surface area contributed by atoms with E-state index >= 15 is 0 Å². The Hall–Kier alpha value is -1.89. The average Bonchev–Trinajstić information content (AvgIpc) is 2.78. The predicted octanol–water partition coefficient (Wildman–Crippen LogP) is 0.440. The molecule has 0 bridgehead atoms. The van der Waals surface area contributed by atoms with Crippen LogP contribution in [0.5, 0.6) is 0 Å². The van der Waals surface area contributed by atoms with Crippen LogP contribution >= 0.6 is 0 Å². The van der Waals surface area contributed by atoms with E-state index in [1.807, 2.05) is 0 Å². The Kier molecular flexibility index (Phi) is 3.08. The topological polar surface area (TPSA) is 84.7 Å². The Morgan fingerprint density at radius 2 is 2.28 bits per heavy atom. The van der Waals surface area contributed by atoms with E-state index < -0.39 is 11.6 Å². The SMILES string of the molecule is COCC1(C)NC(=O)N(Cc2cc(C)no2)C1=O. The third-order valence-corrected chi connectivity index (χ3v) is 2.77. The Morgan fingerprint density at radius 3 is 2.83 bits per heavy atom. The van der Waals surface area contributed by atoms with Crippen LogP contribution < -0.4 is 5.32 Å². The van der Waals surface area contributed by atoms with Crippen molar-refractivity contribution in [2.75, 3.05) is 13.7 Å². The number of carbonyl (C=O) groups is 2. The van der Waals surface area contributed by atoms with Crippen LogP contribution in [0, 0.1) is 6.92 Å². The summed E-state index contributed by atoms with van der Waals surface area (Å²) < 4.78 is 9.95. The maximum absolute atomic E-state index is 12.1. The first kappa shape index (κ1) is 12.6. The van der Waals surface area contributed by atoms with Crippen molar-refractivity contribution in [3.05, 3.63) is 17.5 Å². The molecule has 0 spiro atoms. The molecule has 7 heteroatoms. The van der Waals surface area contributed by atoms with E-state index in [2.05, 4.69) is 10.5 Å². The summed E-state index contributed by atoms with van der Waals surface area (Å²) in [5.74, 6) is 0.140. The molecule has 1 unspecified atom stereocenters. The summed E-state index contributed by atoms with van der Waals surface area (Å²) in [6, 6.07) is 1.24. The summed E-state index contributed by atoms with van der Waals surface area (Å²) in [4.78, 5) is 25.0. The molecule has 0 saturated carbocycles. The van der Waals surface area contributed by atoms with Crippen LogP contribution in [-0.4, -0.2) is 41.3 Å². The normalized spacial score (nSPS) is 23.6. The lowest BCUT2D eigenvalue weighted by atomic mass is 10.0. The van der Waals surface area contributed by atoms with Gasteiger partial charge in [-0.2, -0.15) is 0 Å². The minimum absolute atomic E-state index is 0.0742. The lowest BCUT2D eigenvalue weighted by molar-refractivity contribution is -0.133. The highest BCUT2D eigenvalue weighted by Gasteiger charge is 2.48. The number of hydrogen-bond donors (Lipinski definition) is 1. The molecule has 1 aromatic rings. The van der Waals surface area contributed by atoms with E-state index in [9.17, 15) is 9.59 Å². The molecule has 98 valence electrons. The quantitative estimate of drug-likeness (QED) is 0.787. The fourth-order valence-corrected chi connectivity index (χ4v) is 1.92. The van der Waals surface area contributed by atoms with E-state index in [1.165, 1.54) is 7.11 Å². The molecule has 1 N–H and O–H groups in total. The Labute approximate surface area is 104 Å². The molecule has 1 saturated heterocycles. The molecule has 7 nitrogen and oxygen atoms in total. The zero-order chi connectivity index (χ0) is 13.3. The molecule has 1 aromatic heterocycles. The van der Waals surface area contributed by atoms with E-state index in [0.29, 0.717) is 11.5 Å². The Bertz CT molecular complexity index is 484. The predicted molar refractivity (Wildman–Crippen MR) is 60.6 cm³/mol. The number of rotatable bonds is 4. The van der Waals surface area contributed by atoms with Gasteiger partial charge >= 0.3 is 6.03 Å².